The molecule has 1 heterocycles. The van der Waals surface area contributed by atoms with E-state index >= 15 is 0 Å². The minimum Gasteiger partial charge on any atom is -0.484 e. The van der Waals surface area contributed by atoms with Gasteiger partial charge in [0.1, 0.15) is 5.75 Å². The zero-order valence-electron chi connectivity index (χ0n) is 14.2. The molecule has 1 N–H and O–H groups in total. The maximum Gasteiger partial charge on any atom is 0.258 e. The summed E-state index contributed by atoms with van der Waals surface area (Å²) in [6.07, 6.45) is 4.50. The van der Waals surface area contributed by atoms with E-state index in [9.17, 15) is 13.2 Å². The second-order valence-electron chi connectivity index (χ2n) is 5.58. The van der Waals surface area contributed by atoms with Gasteiger partial charge in [0.2, 0.25) is 10.0 Å². The summed E-state index contributed by atoms with van der Waals surface area (Å²) in [5.74, 6) is 0.322. The van der Waals surface area contributed by atoms with Gasteiger partial charge in [0.25, 0.3) is 5.91 Å². The minimum absolute atomic E-state index is 0.0896. The summed E-state index contributed by atoms with van der Waals surface area (Å²) >= 11 is 0. The van der Waals surface area contributed by atoms with E-state index in [1.807, 2.05) is 12.1 Å². The molecule has 1 aromatic carbocycles. The van der Waals surface area contributed by atoms with Crippen LogP contribution in [0.5, 0.6) is 5.75 Å². The van der Waals surface area contributed by atoms with Gasteiger partial charge in [0.15, 0.2) is 6.61 Å². The summed E-state index contributed by atoms with van der Waals surface area (Å²) in [6, 6.07) is 10.6. The zero-order valence-corrected chi connectivity index (χ0v) is 15.0. The molecule has 2 aromatic rings. The molecule has 0 saturated carbocycles. The summed E-state index contributed by atoms with van der Waals surface area (Å²) in [5.41, 5.74) is 1.80. The molecule has 0 spiro atoms. The SMILES string of the molecule is CN(Cc1ccc(OCC(=O)NCc2ccncc2)cc1)S(C)(=O)=O. The van der Waals surface area contributed by atoms with Gasteiger partial charge in [-0.2, -0.15) is 0 Å². The van der Waals surface area contributed by atoms with E-state index in [0.29, 0.717) is 12.3 Å². The van der Waals surface area contributed by atoms with Crippen molar-refractivity contribution in [1.82, 2.24) is 14.6 Å². The molecule has 0 unspecified atom stereocenters. The Morgan fingerprint density at radius 1 is 1.12 bits per heavy atom. The minimum atomic E-state index is -3.22. The highest BCUT2D eigenvalue weighted by Crippen LogP contribution is 2.14. The number of carbonyl (C=O) groups excluding carboxylic acids is 1. The molecule has 0 fully saturated rings. The van der Waals surface area contributed by atoms with Crippen molar-refractivity contribution in [2.45, 2.75) is 13.1 Å². The van der Waals surface area contributed by atoms with E-state index in [-0.39, 0.29) is 19.1 Å². The smallest absolute Gasteiger partial charge is 0.258 e. The van der Waals surface area contributed by atoms with Gasteiger partial charge in [0.05, 0.1) is 6.26 Å². The van der Waals surface area contributed by atoms with Crippen LogP contribution in [0.2, 0.25) is 0 Å². The number of aromatic nitrogens is 1. The second kappa shape index (κ2) is 8.59. The molecule has 0 aliphatic heterocycles. The number of sulfonamides is 1. The molecule has 134 valence electrons. The summed E-state index contributed by atoms with van der Waals surface area (Å²) in [7, 11) is -1.70. The van der Waals surface area contributed by atoms with Crippen LogP contribution in [0, 0.1) is 0 Å². The number of pyridine rings is 1. The average molecular weight is 363 g/mol. The molecule has 0 saturated heterocycles. The summed E-state index contributed by atoms with van der Waals surface area (Å²) in [4.78, 5) is 15.7. The molecular formula is C17H21N3O4S. The van der Waals surface area contributed by atoms with Gasteiger partial charge < -0.3 is 10.1 Å². The Morgan fingerprint density at radius 2 is 1.76 bits per heavy atom. The molecule has 0 bridgehead atoms. The Hall–Kier alpha value is -2.45. The van der Waals surface area contributed by atoms with Crippen LogP contribution >= 0.6 is 0 Å². The lowest BCUT2D eigenvalue weighted by Gasteiger charge is -2.14. The zero-order chi connectivity index (χ0) is 18.3. The summed E-state index contributed by atoms with van der Waals surface area (Å²) in [5, 5.41) is 2.76. The van der Waals surface area contributed by atoms with Crippen molar-refractivity contribution in [3.05, 3.63) is 59.9 Å². The van der Waals surface area contributed by atoms with Crippen molar-refractivity contribution in [2.24, 2.45) is 0 Å². The fourth-order valence-electron chi connectivity index (χ4n) is 1.97. The number of benzene rings is 1. The van der Waals surface area contributed by atoms with Gasteiger partial charge in [-0.1, -0.05) is 12.1 Å². The molecule has 0 aliphatic rings. The van der Waals surface area contributed by atoms with E-state index in [1.165, 1.54) is 11.4 Å². The van der Waals surface area contributed by atoms with E-state index in [0.717, 1.165) is 17.4 Å². The van der Waals surface area contributed by atoms with E-state index in [4.69, 9.17) is 4.74 Å². The van der Waals surface area contributed by atoms with Crippen LogP contribution in [0.4, 0.5) is 0 Å². The monoisotopic (exact) mass is 363 g/mol. The van der Waals surface area contributed by atoms with Gasteiger partial charge >= 0.3 is 0 Å². The van der Waals surface area contributed by atoms with Gasteiger partial charge in [-0.05, 0) is 35.4 Å². The Labute approximate surface area is 147 Å². The molecule has 0 radical (unpaired) electrons. The molecular weight excluding hydrogens is 342 g/mol. The first kappa shape index (κ1) is 18.9. The number of rotatable bonds is 8. The quantitative estimate of drug-likeness (QED) is 0.760. The Morgan fingerprint density at radius 3 is 2.36 bits per heavy atom. The molecule has 1 aromatic heterocycles. The lowest BCUT2D eigenvalue weighted by atomic mass is 10.2. The van der Waals surface area contributed by atoms with Crippen molar-refractivity contribution < 1.29 is 17.9 Å². The van der Waals surface area contributed by atoms with Crippen LogP contribution in [0.25, 0.3) is 0 Å². The number of hydrogen-bond donors (Lipinski definition) is 1. The van der Waals surface area contributed by atoms with Crippen molar-refractivity contribution in [1.29, 1.82) is 0 Å². The number of ether oxygens (including phenoxy) is 1. The topological polar surface area (TPSA) is 88.6 Å². The molecule has 0 aliphatic carbocycles. The van der Waals surface area contributed by atoms with Crippen molar-refractivity contribution >= 4 is 15.9 Å². The molecule has 1 amide bonds. The third-order valence-corrected chi connectivity index (χ3v) is 4.77. The maximum absolute atomic E-state index is 11.8. The maximum atomic E-state index is 11.8. The Bertz CT molecular complexity index is 792. The predicted molar refractivity (Wildman–Crippen MR) is 94.3 cm³/mol. The standard InChI is InChI=1S/C17H21N3O4S/c1-20(25(2,22)23)12-15-3-5-16(6-4-15)24-13-17(21)19-11-14-7-9-18-10-8-14/h3-10H,11-13H2,1-2H3,(H,19,21). The molecule has 2 rings (SSSR count). The highest BCUT2D eigenvalue weighted by atomic mass is 32.2. The van der Waals surface area contributed by atoms with Gasteiger partial charge in [-0.3, -0.25) is 9.78 Å². The van der Waals surface area contributed by atoms with Crippen LogP contribution < -0.4 is 10.1 Å². The predicted octanol–water partition coefficient (Wildman–Crippen LogP) is 1.17. The molecule has 25 heavy (non-hydrogen) atoms. The highest BCUT2D eigenvalue weighted by Gasteiger charge is 2.11. The lowest BCUT2D eigenvalue weighted by Crippen LogP contribution is -2.28. The Kier molecular flexibility index (Phi) is 6.49. The van der Waals surface area contributed by atoms with Crippen molar-refractivity contribution in [3.63, 3.8) is 0 Å². The molecule has 8 heteroatoms. The van der Waals surface area contributed by atoms with E-state index < -0.39 is 10.0 Å². The Balaban J connectivity index is 1.78. The van der Waals surface area contributed by atoms with Crippen LogP contribution in [0.15, 0.2) is 48.8 Å². The molecule has 0 atom stereocenters. The summed E-state index contributed by atoms with van der Waals surface area (Å²) < 4.78 is 29.5. The average Bonchev–Trinajstić information content (AvgIpc) is 2.59. The first-order chi connectivity index (χ1) is 11.8. The summed E-state index contributed by atoms with van der Waals surface area (Å²) in [6.45, 7) is 0.612. The van der Waals surface area contributed by atoms with E-state index in [2.05, 4.69) is 10.3 Å². The van der Waals surface area contributed by atoms with Gasteiger partial charge in [-0.15, -0.1) is 0 Å². The van der Waals surface area contributed by atoms with Crippen LogP contribution in [0.3, 0.4) is 0 Å². The fourth-order valence-corrected chi connectivity index (χ4v) is 2.35. The third kappa shape index (κ3) is 6.52. The van der Waals surface area contributed by atoms with Crippen LogP contribution in [-0.2, 0) is 27.9 Å². The lowest BCUT2D eigenvalue weighted by molar-refractivity contribution is -0.123. The normalized spacial score (nSPS) is 11.3. The van der Waals surface area contributed by atoms with Crippen LogP contribution in [-0.4, -0.2) is 43.5 Å². The number of carbonyl (C=O) groups is 1. The largest absolute Gasteiger partial charge is 0.484 e. The van der Waals surface area contributed by atoms with Gasteiger partial charge in [0, 0.05) is 32.5 Å². The van der Waals surface area contributed by atoms with E-state index in [1.54, 1.807) is 36.7 Å². The molecule has 7 nitrogen and oxygen atoms in total. The van der Waals surface area contributed by atoms with Gasteiger partial charge in [-0.25, -0.2) is 12.7 Å². The first-order valence-corrected chi connectivity index (χ1v) is 9.48. The number of nitrogens with zero attached hydrogens (tertiary/aromatic N) is 2. The third-order valence-electron chi connectivity index (χ3n) is 3.50. The van der Waals surface area contributed by atoms with Crippen molar-refractivity contribution in [3.8, 4) is 5.75 Å². The second-order valence-corrected chi connectivity index (χ2v) is 7.67. The van der Waals surface area contributed by atoms with Crippen molar-refractivity contribution in [2.75, 3.05) is 19.9 Å². The first-order valence-electron chi connectivity index (χ1n) is 7.63. The fraction of sp³-hybridized carbons (Fsp3) is 0.294. The highest BCUT2D eigenvalue weighted by molar-refractivity contribution is 7.88. The van der Waals surface area contributed by atoms with Crippen LogP contribution in [0.1, 0.15) is 11.1 Å². The number of nitrogens with one attached hydrogen (secondary N) is 1. The number of hydrogen-bond acceptors (Lipinski definition) is 5. The number of amides is 1.